The maximum absolute atomic E-state index is 13.6. The number of nitrogens with zero attached hydrogens (tertiary/aromatic N) is 3. The van der Waals surface area contributed by atoms with Crippen molar-refractivity contribution in [3.8, 4) is 21.9 Å². The number of ether oxygens (including phenoxy) is 1. The van der Waals surface area contributed by atoms with Crippen molar-refractivity contribution in [3.05, 3.63) is 89.2 Å². The predicted octanol–water partition coefficient (Wildman–Crippen LogP) is 5.30. The van der Waals surface area contributed by atoms with Gasteiger partial charge < -0.3 is 21.5 Å². The van der Waals surface area contributed by atoms with E-state index in [-0.39, 0.29) is 28.6 Å². The number of primary amides is 1. The smallest absolute Gasteiger partial charge is 0.416 e. The van der Waals surface area contributed by atoms with Crippen LogP contribution in [0.1, 0.15) is 33.8 Å². The van der Waals surface area contributed by atoms with Gasteiger partial charge in [-0.05, 0) is 48.4 Å². The highest BCUT2D eigenvalue weighted by Crippen LogP contribution is 2.39. The second kappa shape index (κ2) is 11.0. The minimum Gasteiger partial charge on any atom is -0.484 e. The number of rotatable bonds is 8. The third-order valence-corrected chi connectivity index (χ3v) is 7.38. The molecule has 0 aliphatic rings. The lowest BCUT2D eigenvalue weighted by Crippen LogP contribution is -2.22. The number of nitrogens with one attached hydrogen (secondary N) is 1. The number of fused-ring (bicyclic) bond motifs is 1. The van der Waals surface area contributed by atoms with Gasteiger partial charge in [-0.3, -0.25) is 14.2 Å². The van der Waals surface area contributed by atoms with E-state index in [2.05, 4.69) is 15.3 Å². The standard InChI is InChI=1S/C28H23F3N6O3S/c1-15(18-4-2-3-5-19(18)28(29,30)31)40-22-12-25(41-26(22)27(33)39)37-14-35-20-10-16(6-7-21(20)37)17-8-9-34-23(11-17)36-24(38)13-32/h2-12,14-15H,13,32H2,1H3,(H2,33,39)(H,34,36,38)/t15-/m1/s1. The van der Waals surface area contributed by atoms with Crippen LogP contribution >= 0.6 is 11.3 Å². The normalized spacial score (nSPS) is 12.3. The first-order valence-electron chi connectivity index (χ1n) is 12.3. The number of hydrogen-bond donors (Lipinski definition) is 3. The minimum absolute atomic E-state index is 0.0642. The van der Waals surface area contributed by atoms with E-state index in [9.17, 15) is 22.8 Å². The molecular weight excluding hydrogens is 557 g/mol. The summed E-state index contributed by atoms with van der Waals surface area (Å²) < 4.78 is 48.3. The van der Waals surface area contributed by atoms with E-state index in [1.807, 2.05) is 18.2 Å². The number of imidazole rings is 1. The molecule has 0 saturated heterocycles. The maximum atomic E-state index is 13.6. The molecule has 0 unspecified atom stereocenters. The lowest BCUT2D eigenvalue weighted by Gasteiger charge is -2.19. The van der Waals surface area contributed by atoms with Crippen LogP contribution in [0.4, 0.5) is 19.0 Å². The van der Waals surface area contributed by atoms with Gasteiger partial charge in [0.25, 0.3) is 5.91 Å². The van der Waals surface area contributed by atoms with Crippen LogP contribution in [-0.4, -0.2) is 32.9 Å². The van der Waals surface area contributed by atoms with E-state index >= 15 is 0 Å². The van der Waals surface area contributed by atoms with Crippen molar-refractivity contribution in [2.24, 2.45) is 11.5 Å². The molecule has 2 amide bonds. The van der Waals surface area contributed by atoms with Gasteiger partial charge in [-0.2, -0.15) is 13.2 Å². The highest BCUT2D eigenvalue weighted by atomic mass is 32.1. The van der Waals surface area contributed by atoms with Crippen LogP contribution in [0.15, 0.2) is 73.2 Å². The van der Waals surface area contributed by atoms with Crippen LogP contribution in [0.3, 0.4) is 0 Å². The fraction of sp³-hybridized carbons (Fsp3) is 0.143. The molecule has 0 aliphatic heterocycles. The topological polar surface area (TPSA) is 138 Å². The number of carbonyl (C=O) groups is 2. The first-order chi connectivity index (χ1) is 19.5. The number of aromatic nitrogens is 3. The summed E-state index contributed by atoms with van der Waals surface area (Å²) in [6, 6.07) is 15.7. The summed E-state index contributed by atoms with van der Waals surface area (Å²) in [7, 11) is 0. The van der Waals surface area contributed by atoms with Crippen LogP contribution in [0.5, 0.6) is 5.75 Å². The molecule has 0 fully saturated rings. The molecule has 5 aromatic rings. The van der Waals surface area contributed by atoms with Gasteiger partial charge >= 0.3 is 6.18 Å². The first-order valence-corrected chi connectivity index (χ1v) is 13.1. The van der Waals surface area contributed by atoms with Crippen LogP contribution in [0.25, 0.3) is 27.2 Å². The molecule has 0 spiro atoms. The Hall–Kier alpha value is -4.75. The molecule has 3 heterocycles. The Bertz CT molecular complexity index is 1760. The number of carbonyl (C=O) groups excluding carboxylic acids is 2. The van der Waals surface area contributed by atoms with Crippen molar-refractivity contribution in [1.29, 1.82) is 0 Å². The molecule has 5 rings (SSSR count). The lowest BCUT2D eigenvalue weighted by molar-refractivity contribution is -0.139. The van der Waals surface area contributed by atoms with E-state index in [0.29, 0.717) is 21.9 Å². The highest BCUT2D eigenvalue weighted by Gasteiger charge is 2.35. The fourth-order valence-corrected chi connectivity index (χ4v) is 5.27. The lowest BCUT2D eigenvalue weighted by atomic mass is 10.0. The molecule has 9 nitrogen and oxygen atoms in total. The number of benzene rings is 2. The Morgan fingerprint density at radius 1 is 1.07 bits per heavy atom. The summed E-state index contributed by atoms with van der Waals surface area (Å²) in [5, 5.41) is 3.15. The molecule has 2 aromatic carbocycles. The van der Waals surface area contributed by atoms with Gasteiger partial charge in [0.15, 0.2) is 0 Å². The molecule has 210 valence electrons. The molecule has 0 aliphatic carbocycles. The van der Waals surface area contributed by atoms with Crippen LogP contribution in [0, 0.1) is 0 Å². The summed E-state index contributed by atoms with van der Waals surface area (Å²) in [6.45, 7) is 1.31. The first kappa shape index (κ1) is 27.8. The molecule has 41 heavy (non-hydrogen) atoms. The molecule has 1 atom stereocenters. The number of nitrogens with two attached hydrogens (primary N) is 2. The Morgan fingerprint density at radius 2 is 1.83 bits per heavy atom. The average Bonchev–Trinajstić information content (AvgIpc) is 3.56. The zero-order valence-corrected chi connectivity index (χ0v) is 22.3. The van der Waals surface area contributed by atoms with Crippen LogP contribution in [-0.2, 0) is 11.0 Å². The van der Waals surface area contributed by atoms with Crippen molar-refractivity contribution < 1.29 is 27.5 Å². The van der Waals surface area contributed by atoms with Gasteiger partial charge in [0, 0.05) is 17.8 Å². The summed E-state index contributed by atoms with van der Waals surface area (Å²) >= 11 is 1.04. The molecule has 0 radical (unpaired) electrons. The molecule has 0 bridgehead atoms. The van der Waals surface area contributed by atoms with Crippen molar-refractivity contribution in [3.63, 3.8) is 0 Å². The molecule has 13 heteroatoms. The van der Waals surface area contributed by atoms with Gasteiger partial charge in [0.2, 0.25) is 5.91 Å². The third kappa shape index (κ3) is 5.76. The summed E-state index contributed by atoms with van der Waals surface area (Å²) in [6.07, 6.45) is -2.45. The number of amides is 2. The van der Waals surface area contributed by atoms with Crippen molar-refractivity contribution in [2.75, 3.05) is 11.9 Å². The van der Waals surface area contributed by atoms with E-state index in [1.165, 1.54) is 25.1 Å². The Kier molecular flexibility index (Phi) is 7.47. The van der Waals surface area contributed by atoms with Gasteiger partial charge in [0.1, 0.15) is 33.9 Å². The maximum Gasteiger partial charge on any atom is 0.416 e. The average molecular weight is 581 g/mol. The number of anilines is 1. The van der Waals surface area contributed by atoms with Gasteiger partial charge in [0.05, 0.1) is 23.1 Å². The molecule has 0 saturated carbocycles. The number of hydrogen-bond acceptors (Lipinski definition) is 7. The highest BCUT2D eigenvalue weighted by molar-refractivity contribution is 7.16. The van der Waals surface area contributed by atoms with Gasteiger partial charge in [-0.1, -0.05) is 24.3 Å². The van der Waals surface area contributed by atoms with Crippen molar-refractivity contribution in [1.82, 2.24) is 14.5 Å². The second-order valence-electron chi connectivity index (χ2n) is 8.99. The molecule has 3 aromatic heterocycles. The van der Waals surface area contributed by atoms with Gasteiger partial charge in [-0.15, -0.1) is 11.3 Å². The van der Waals surface area contributed by atoms with E-state index in [1.54, 1.807) is 35.3 Å². The summed E-state index contributed by atoms with van der Waals surface area (Å²) in [5.74, 6) is -0.697. The number of halogens is 3. The summed E-state index contributed by atoms with van der Waals surface area (Å²) in [5.41, 5.74) is 13.0. The van der Waals surface area contributed by atoms with E-state index in [4.69, 9.17) is 16.2 Å². The fourth-order valence-electron chi connectivity index (χ4n) is 4.34. The third-order valence-electron chi connectivity index (χ3n) is 6.25. The van der Waals surface area contributed by atoms with E-state index in [0.717, 1.165) is 28.5 Å². The zero-order valence-electron chi connectivity index (χ0n) is 21.5. The minimum atomic E-state index is -4.56. The van der Waals surface area contributed by atoms with E-state index < -0.39 is 23.8 Å². The Balaban J connectivity index is 1.46. The van der Waals surface area contributed by atoms with Gasteiger partial charge in [-0.25, -0.2) is 9.97 Å². The summed E-state index contributed by atoms with van der Waals surface area (Å²) in [4.78, 5) is 32.5. The predicted molar refractivity (Wildman–Crippen MR) is 149 cm³/mol. The number of alkyl halides is 3. The zero-order chi connectivity index (χ0) is 29.3. The Morgan fingerprint density at radius 3 is 2.56 bits per heavy atom. The second-order valence-corrected chi connectivity index (χ2v) is 10.0. The van der Waals surface area contributed by atoms with Crippen molar-refractivity contribution in [2.45, 2.75) is 19.2 Å². The Labute approximate surface area is 235 Å². The monoisotopic (exact) mass is 580 g/mol. The molecule has 5 N–H and O–H groups in total. The SMILES string of the molecule is C[C@@H](Oc1cc(-n2cnc3cc(-c4ccnc(NC(=O)CN)c4)ccc32)sc1C(N)=O)c1ccccc1C(F)(F)F. The van der Waals surface area contributed by atoms with Crippen molar-refractivity contribution >= 4 is 40.0 Å². The largest absolute Gasteiger partial charge is 0.484 e. The number of pyridine rings is 1. The van der Waals surface area contributed by atoms with Crippen LogP contribution in [0.2, 0.25) is 0 Å². The quantitative estimate of drug-likeness (QED) is 0.228. The van der Waals surface area contributed by atoms with Crippen LogP contribution < -0.4 is 21.5 Å². The molecular formula is C28H23F3N6O3S. The number of thiophene rings is 1.